The van der Waals surface area contributed by atoms with Crippen LogP contribution >= 0.6 is 0 Å². The smallest absolute Gasteiger partial charge is 0.193 e. The third-order valence-corrected chi connectivity index (χ3v) is 5.51. The number of ketones is 2. The van der Waals surface area contributed by atoms with Crippen LogP contribution in [0.25, 0.3) is 0 Å². The summed E-state index contributed by atoms with van der Waals surface area (Å²) in [5.41, 5.74) is 5.37. The fourth-order valence-corrected chi connectivity index (χ4v) is 3.82. The van der Waals surface area contributed by atoms with E-state index in [1.54, 1.807) is 6.92 Å². The summed E-state index contributed by atoms with van der Waals surface area (Å²) in [5, 5.41) is 0. The molecule has 1 N–H and O–H groups in total. The average Bonchev–Trinajstić information content (AvgIpc) is 3.39. The Morgan fingerprint density at radius 1 is 1.15 bits per heavy atom. The Morgan fingerprint density at radius 3 is 2.26 bits per heavy atom. The number of hydrogen-bond donors (Lipinski definition) is 1. The molecule has 0 radical (unpaired) electrons. The minimum absolute atomic E-state index is 0.00425. The molecule has 0 aliphatic heterocycles. The zero-order chi connectivity index (χ0) is 19.7. The summed E-state index contributed by atoms with van der Waals surface area (Å²) in [4.78, 5) is 30.2. The Hall–Kier alpha value is -2.20. The number of aromatic nitrogens is 1. The number of aromatic amines is 1. The fraction of sp³-hybridized carbons (Fsp3) is 0.478. The van der Waals surface area contributed by atoms with Crippen LogP contribution in [0.1, 0.15) is 82.8 Å². The molecule has 0 saturated heterocycles. The number of benzene rings is 1. The van der Waals surface area contributed by atoms with Gasteiger partial charge in [0.2, 0.25) is 0 Å². The first-order valence-electron chi connectivity index (χ1n) is 9.84. The van der Waals surface area contributed by atoms with E-state index in [9.17, 15) is 9.59 Å². The molecule has 1 saturated carbocycles. The van der Waals surface area contributed by atoms with Crippen molar-refractivity contribution < 1.29 is 9.59 Å². The van der Waals surface area contributed by atoms with Crippen molar-refractivity contribution in [3.8, 4) is 0 Å². The van der Waals surface area contributed by atoms with Gasteiger partial charge in [0.15, 0.2) is 11.6 Å². The lowest BCUT2D eigenvalue weighted by Gasteiger charge is -2.21. The molecule has 1 aliphatic rings. The van der Waals surface area contributed by atoms with Crippen molar-refractivity contribution in [3.63, 3.8) is 0 Å². The summed E-state index contributed by atoms with van der Waals surface area (Å²) in [6.45, 7) is 10.8. The molecule has 27 heavy (non-hydrogen) atoms. The molecule has 4 nitrogen and oxygen atoms in total. The molecule has 1 heterocycles. The van der Waals surface area contributed by atoms with Crippen molar-refractivity contribution in [1.82, 2.24) is 9.88 Å². The van der Waals surface area contributed by atoms with E-state index in [1.807, 2.05) is 13.8 Å². The van der Waals surface area contributed by atoms with Gasteiger partial charge in [0.25, 0.3) is 0 Å². The van der Waals surface area contributed by atoms with Crippen molar-refractivity contribution in [2.45, 2.75) is 66.0 Å². The standard InChI is InChI=1S/C23H30N2O2/c1-14(2)19-8-6-18(7-9-19)12-25(20-10-11-20)13-21(27)23-15(3)22(17(5)26)16(4)24-23/h6-9,14,20,24H,10-13H2,1-5H3. The summed E-state index contributed by atoms with van der Waals surface area (Å²) >= 11 is 0. The van der Waals surface area contributed by atoms with Gasteiger partial charge < -0.3 is 4.98 Å². The second-order valence-electron chi connectivity index (χ2n) is 8.14. The quantitative estimate of drug-likeness (QED) is 0.683. The second-order valence-corrected chi connectivity index (χ2v) is 8.14. The van der Waals surface area contributed by atoms with Gasteiger partial charge >= 0.3 is 0 Å². The molecule has 1 aromatic heterocycles. The molecule has 0 unspecified atom stereocenters. The maximum atomic E-state index is 12.9. The van der Waals surface area contributed by atoms with E-state index < -0.39 is 0 Å². The monoisotopic (exact) mass is 366 g/mol. The van der Waals surface area contributed by atoms with Crippen molar-refractivity contribution >= 4 is 11.6 Å². The second kappa shape index (κ2) is 7.81. The summed E-state index contributed by atoms with van der Waals surface area (Å²) in [6, 6.07) is 9.21. The highest BCUT2D eigenvalue weighted by Crippen LogP contribution is 2.29. The van der Waals surface area contributed by atoms with Crippen LogP contribution in [-0.4, -0.2) is 34.0 Å². The molecule has 4 heteroatoms. The van der Waals surface area contributed by atoms with Gasteiger partial charge in [-0.15, -0.1) is 0 Å². The number of hydrogen-bond acceptors (Lipinski definition) is 3. The minimum Gasteiger partial charge on any atom is -0.355 e. The van der Waals surface area contributed by atoms with E-state index in [2.05, 4.69) is 48.0 Å². The van der Waals surface area contributed by atoms with Gasteiger partial charge in [0, 0.05) is 23.8 Å². The highest BCUT2D eigenvalue weighted by Gasteiger charge is 2.31. The minimum atomic E-state index is 0.00425. The number of Topliss-reactive ketones (excluding diaryl/α,β-unsaturated/α-hetero) is 2. The highest BCUT2D eigenvalue weighted by molar-refractivity contribution is 6.03. The summed E-state index contributed by atoms with van der Waals surface area (Å²) in [5.74, 6) is 0.591. The van der Waals surface area contributed by atoms with E-state index in [0.29, 0.717) is 29.8 Å². The zero-order valence-electron chi connectivity index (χ0n) is 17.1. The lowest BCUT2D eigenvalue weighted by molar-refractivity contribution is 0.0914. The molecule has 0 atom stereocenters. The predicted molar refractivity (Wildman–Crippen MR) is 109 cm³/mol. The van der Waals surface area contributed by atoms with Crippen molar-refractivity contribution in [1.29, 1.82) is 0 Å². The van der Waals surface area contributed by atoms with E-state index >= 15 is 0 Å². The van der Waals surface area contributed by atoms with Gasteiger partial charge in [0.05, 0.1) is 12.2 Å². The third kappa shape index (κ3) is 4.38. The van der Waals surface area contributed by atoms with E-state index in [-0.39, 0.29) is 11.6 Å². The molecule has 3 rings (SSSR count). The molecule has 1 aliphatic carbocycles. The number of carbonyl (C=O) groups is 2. The Morgan fingerprint density at radius 2 is 1.78 bits per heavy atom. The van der Waals surface area contributed by atoms with Gasteiger partial charge in [-0.25, -0.2) is 0 Å². The Bertz CT molecular complexity index is 842. The lowest BCUT2D eigenvalue weighted by atomic mass is 10.0. The van der Waals surface area contributed by atoms with Gasteiger partial charge in [-0.2, -0.15) is 0 Å². The summed E-state index contributed by atoms with van der Waals surface area (Å²) in [6.07, 6.45) is 2.30. The first-order valence-corrected chi connectivity index (χ1v) is 9.84. The van der Waals surface area contributed by atoms with Crippen LogP contribution in [-0.2, 0) is 6.54 Å². The molecular formula is C23H30N2O2. The predicted octanol–water partition coefficient (Wildman–Crippen LogP) is 4.80. The average molecular weight is 367 g/mol. The maximum absolute atomic E-state index is 12.9. The van der Waals surface area contributed by atoms with Crippen LogP contribution in [0.2, 0.25) is 0 Å². The van der Waals surface area contributed by atoms with Crippen LogP contribution in [0.15, 0.2) is 24.3 Å². The first kappa shape index (κ1) is 19.6. The number of H-pyrrole nitrogens is 1. The molecule has 0 amide bonds. The Labute approximate surface area is 162 Å². The van der Waals surface area contributed by atoms with Crippen LogP contribution in [0.4, 0.5) is 0 Å². The van der Waals surface area contributed by atoms with Crippen LogP contribution < -0.4 is 0 Å². The van der Waals surface area contributed by atoms with Gasteiger partial charge in [-0.3, -0.25) is 14.5 Å². The van der Waals surface area contributed by atoms with Gasteiger partial charge in [0.1, 0.15) is 0 Å². The molecule has 1 fully saturated rings. The summed E-state index contributed by atoms with van der Waals surface area (Å²) < 4.78 is 0. The number of rotatable bonds is 8. The molecule has 1 aromatic carbocycles. The number of carbonyl (C=O) groups excluding carboxylic acids is 2. The molecule has 144 valence electrons. The van der Waals surface area contributed by atoms with Crippen LogP contribution in [0.5, 0.6) is 0 Å². The maximum Gasteiger partial charge on any atom is 0.193 e. The SMILES string of the molecule is CC(=O)c1c(C)[nH]c(C(=O)CN(Cc2ccc(C(C)C)cc2)C2CC2)c1C. The highest BCUT2D eigenvalue weighted by atomic mass is 16.1. The Kier molecular flexibility index (Phi) is 5.66. The molecule has 0 spiro atoms. The fourth-order valence-electron chi connectivity index (χ4n) is 3.82. The van der Waals surface area contributed by atoms with E-state index in [1.165, 1.54) is 11.1 Å². The van der Waals surface area contributed by atoms with E-state index in [4.69, 9.17) is 0 Å². The Balaban J connectivity index is 1.74. The van der Waals surface area contributed by atoms with Crippen molar-refractivity contribution in [2.24, 2.45) is 0 Å². The lowest BCUT2D eigenvalue weighted by Crippen LogP contribution is -2.32. The van der Waals surface area contributed by atoms with Gasteiger partial charge in [-0.1, -0.05) is 38.1 Å². The van der Waals surface area contributed by atoms with Crippen LogP contribution in [0.3, 0.4) is 0 Å². The van der Waals surface area contributed by atoms with Crippen molar-refractivity contribution in [3.05, 3.63) is 57.9 Å². The number of aryl methyl sites for hydroxylation is 1. The van der Waals surface area contributed by atoms with Crippen molar-refractivity contribution in [2.75, 3.05) is 6.54 Å². The largest absolute Gasteiger partial charge is 0.355 e. The van der Waals surface area contributed by atoms with E-state index in [0.717, 1.165) is 30.6 Å². The molecular weight excluding hydrogens is 336 g/mol. The van der Waals surface area contributed by atoms with Gasteiger partial charge in [-0.05, 0) is 56.2 Å². The van der Waals surface area contributed by atoms with Crippen LogP contribution in [0, 0.1) is 13.8 Å². The molecule has 2 aromatic rings. The first-order chi connectivity index (χ1) is 12.8. The normalized spacial score (nSPS) is 14.2. The zero-order valence-corrected chi connectivity index (χ0v) is 17.1. The third-order valence-electron chi connectivity index (χ3n) is 5.51. The number of nitrogens with zero attached hydrogens (tertiary/aromatic N) is 1. The topological polar surface area (TPSA) is 53.2 Å². The number of nitrogens with one attached hydrogen (secondary N) is 1. The molecule has 0 bridgehead atoms. The summed E-state index contributed by atoms with van der Waals surface area (Å²) in [7, 11) is 0.